The van der Waals surface area contributed by atoms with Crippen LogP contribution in [0.15, 0.2) is 0 Å². The maximum Gasteiger partial charge on any atom is 0.692 e. The molecule has 6 N–H and O–H groups in total. The van der Waals surface area contributed by atoms with Crippen molar-refractivity contribution in [1.29, 1.82) is 0 Å². The molecule has 0 aromatic heterocycles. The standard InChI is InChI=1S/2HO3P.H2O2/c2*1-4(2)3;1-2/h2*(H-,1,2,3);1-2H/p+2. The number of hydrogen-bond acceptors (Lipinski definition) is 4. The van der Waals surface area contributed by atoms with Gasteiger partial charge in [0.15, 0.2) is 0 Å². The lowest BCUT2D eigenvalue weighted by Crippen LogP contribution is -1.38. The molecule has 0 rings (SSSR count). The van der Waals surface area contributed by atoms with Crippen molar-refractivity contribution in [3.8, 4) is 0 Å². The van der Waals surface area contributed by atoms with E-state index in [-0.39, 0.29) is 0 Å². The van der Waals surface area contributed by atoms with E-state index >= 15 is 0 Å². The largest absolute Gasteiger partial charge is 0.692 e. The summed E-state index contributed by atoms with van der Waals surface area (Å²) in [6.07, 6.45) is 0. The van der Waals surface area contributed by atoms with Crippen molar-refractivity contribution in [3.63, 3.8) is 0 Å². The average Bonchev–Trinajstić information content (AvgIpc) is 1.66. The molecule has 0 spiro atoms. The minimum Gasteiger partial charge on any atom is -0.255 e. The van der Waals surface area contributed by atoms with Crippen LogP contribution < -0.4 is 0 Å². The second kappa shape index (κ2) is 16.0. The Kier molecular flexibility index (Phi) is 26.4. The van der Waals surface area contributed by atoms with E-state index in [1.807, 2.05) is 0 Å². The molecule has 62 valence electrons. The zero-order valence-electron chi connectivity index (χ0n) is 4.39. The summed E-state index contributed by atoms with van der Waals surface area (Å²) in [7, 11) is -5.74. The Bertz CT molecular complexity index is 65.3. The van der Waals surface area contributed by atoms with E-state index in [0.717, 1.165) is 0 Å². The first kappa shape index (κ1) is 16.5. The summed E-state index contributed by atoms with van der Waals surface area (Å²) in [6.45, 7) is 0. The van der Waals surface area contributed by atoms with Crippen molar-refractivity contribution in [1.82, 2.24) is 0 Å². The van der Waals surface area contributed by atoms with E-state index in [2.05, 4.69) is 0 Å². The van der Waals surface area contributed by atoms with Crippen molar-refractivity contribution in [2.24, 2.45) is 0 Å². The molecular weight excluding hydrogens is 190 g/mol. The van der Waals surface area contributed by atoms with E-state index in [1.54, 1.807) is 0 Å². The number of rotatable bonds is 0. The van der Waals surface area contributed by atoms with Gasteiger partial charge in [0.25, 0.3) is 0 Å². The van der Waals surface area contributed by atoms with Gasteiger partial charge in [0.2, 0.25) is 0 Å². The Morgan fingerprint density at radius 2 is 0.700 bits per heavy atom. The predicted molar refractivity (Wildman–Crippen MR) is 29.3 cm³/mol. The van der Waals surface area contributed by atoms with Crippen LogP contribution >= 0.6 is 16.5 Å². The average molecular weight is 196 g/mol. The van der Waals surface area contributed by atoms with Gasteiger partial charge in [0, 0.05) is 9.13 Å². The topological polar surface area (TPSA) is 156 Å². The first-order chi connectivity index (χ1) is 4.46. The Hall–Kier alpha value is -0.0400. The molecule has 0 aliphatic heterocycles. The minimum absolute atomic E-state index is 2.87. The quantitative estimate of drug-likeness (QED) is 0.168. The fourth-order valence-electron chi connectivity index (χ4n) is 0. The maximum absolute atomic E-state index is 8.70. The van der Waals surface area contributed by atoms with Crippen molar-refractivity contribution in [2.45, 2.75) is 0 Å². The molecule has 10 heavy (non-hydrogen) atoms. The molecule has 8 nitrogen and oxygen atoms in total. The second-order valence-electron chi connectivity index (χ2n) is 0.505. The normalized spacial score (nSPS) is 5.80. The van der Waals surface area contributed by atoms with Gasteiger partial charge in [0.05, 0.1) is 0 Å². The van der Waals surface area contributed by atoms with E-state index < -0.39 is 16.5 Å². The smallest absolute Gasteiger partial charge is 0.255 e. The molecule has 0 fully saturated rings. The van der Waals surface area contributed by atoms with Crippen molar-refractivity contribution >= 4 is 16.5 Å². The van der Waals surface area contributed by atoms with Crippen molar-refractivity contribution in [3.05, 3.63) is 0 Å². The van der Waals surface area contributed by atoms with Crippen LogP contribution in [0.2, 0.25) is 0 Å². The highest BCUT2D eigenvalue weighted by Crippen LogP contribution is 1.98. The highest BCUT2D eigenvalue weighted by molar-refractivity contribution is 7.31. The number of hydrogen-bond donors (Lipinski definition) is 6. The molecule has 0 bridgehead atoms. The SMILES string of the molecule is O=[P+](O)O.O=[P+](O)O.OO. The van der Waals surface area contributed by atoms with Crippen LogP contribution in [0.1, 0.15) is 0 Å². The molecule has 0 saturated heterocycles. The molecule has 0 aromatic rings. The summed E-state index contributed by atoms with van der Waals surface area (Å²) in [5, 5.41) is 12.0. The van der Waals surface area contributed by atoms with E-state index in [1.165, 1.54) is 0 Å². The van der Waals surface area contributed by atoms with E-state index in [4.69, 9.17) is 39.2 Å². The van der Waals surface area contributed by atoms with Gasteiger partial charge in [-0.15, -0.1) is 19.6 Å². The Balaban J connectivity index is -0.0000000787. The molecular formula is H6O8P2+2. The highest BCUT2D eigenvalue weighted by atomic mass is 31.1. The second-order valence-corrected chi connectivity index (χ2v) is 1.52. The van der Waals surface area contributed by atoms with Gasteiger partial charge in [-0.1, -0.05) is 0 Å². The lowest BCUT2D eigenvalue weighted by molar-refractivity contribution is -0.176. The first-order valence-electron chi connectivity index (χ1n) is 1.37. The van der Waals surface area contributed by atoms with Crippen LogP contribution in [-0.4, -0.2) is 30.1 Å². The van der Waals surface area contributed by atoms with Crippen LogP contribution in [-0.2, 0) is 9.13 Å². The van der Waals surface area contributed by atoms with Crippen molar-refractivity contribution in [2.75, 3.05) is 0 Å². The Morgan fingerprint density at radius 3 is 0.700 bits per heavy atom. The third-order valence-electron chi connectivity index (χ3n) is 0. The van der Waals surface area contributed by atoms with Gasteiger partial charge in [-0.05, 0) is 0 Å². The summed E-state index contributed by atoms with van der Waals surface area (Å²) < 4.78 is 17.4. The molecule has 0 saturated carbocycles. The molecule has 0 aliphatic carbocycles. The van der Waals surface area contributed by atoms with Gasteiger partial charge in [-0.25, -0.2) is 0 Å². The van der Waals surface area contributed by atoms with Gasteiger partial charge >= 0.3 is 16.5 Å². The summed E-state index contributed by atoms with van der Waals surface area (Å²) in [6, 6.07) is 0. The van der Waals surface area contributed by atoms with Gasteiger partial charge < -0.3 is 0 Å². The maximum atomic E-state index is 8.70. The lowest BCUT2D eigenvalue weighted by atomic mass is 15.0. The monoisotopic (exact) mass is 196 g/mol. The van der Waals surface area contributed by atoms with Gasteiger partial charge in [0.1, 0.15) is 0 Å². The third kappa shape index (κ3) is 241000. The summed E-state index contributed by atoms with van der Waals surface area (Å²) in [5.41, 5.74) is 0. The molecule has 0 atom stereocenters. The highest BCUT2D eigenvalue weighted by Gasteiger charge is 1.93. The minimum atomic E-state index is -2.87. The molecule has 10 heteroatoms. The molecule has 0 aromatic carbocycles. The zero-order chi connectivity index (χ0) is 9.15. The fraction of sp³-hybridized carbons (Fsp3) is 0. The van der Waals surface area contributed by atoms with Gasteiger partial charge in [-0.3, -0.25) is 10.5 Å². The van der Waals surface area contributed by atoms with Crippen LogP contribution in [0, 0.1) is 0 Å². The summed E-state index contributed by atoms with van der Waals surface area (Å²) in [4.78, 5) is 28.5. The van der Waals surface area contributed by atoms with Crippen molar-refractivity contribution < 1.29 is 39.2 Å². The van der Waals surface area contributed by atoms with Crippen LogP contribution in [0.4, 0.5) is 0 Å². The molecule has 0 radical (unpaired) electrons. The fourth-order valence-corrected chi connectivity index (χ4v) is 0. The Labute approximate surface area is 56.8 Å². The lowest BCUT2D eigenvalue weighted by Gasteiger charge is -1.34. The molecule has 0 amide bonds. The van der Waals surface area contributed by atoms with Gasteiger partial charge in [-0.2, -0.15) is 0 Å². The van der Waals surface area contributed by atoms with E-state index in [9.17, 15) is 0 Å². The first-order valence-corrected chi connectivity index (χ1v) is 3.70. The van der Waals surface area contributed by atoms with Crippen LogP contribution in [0.3, 0.4) is 0 Å². The Morgan fingerprint density at radius 1 is 0.700 bits per heavy atom. The predicted octanol–water partition coefficient (Wildman–Crippen LogP) is -0.726. The summed E-state index contributed by atoms with van der Waals surface area (Å²) >= 11 is 0. The molecule has 0 aliphatic rings. The zero-order valence-corrected chi connectivity index (χ0v) is 6.18. The van der Waals surface area contributed by atoms with E-state index in [0.29, 0.717) is 0 Å². The van der Waals surface area contributed by atoms with Crippen LogP contribution in [0.25, 0.3) is 0 Å². The molecule has 0 unspecified atom stereocenters. The van der Waals surface area contributed by atoms with Crippen LogP contribution in [0.5, 0.6) is 0 Å². The molecule has 0 heterocycles. The summed E-state index contributed by atoms with van der Waals surface area (Å²) in [5.74, 6) is 0. The third-order valence-corrected chi connectivity index (χ3v) is 0.